The van der Waals surface area contributed by atoms with Crippen molar-refractivity contribution in [3.8, 4) is 17.2 Å². The number of nitrogens with zero attached hydrogens (tertiary/aromatic N) is 2. The molecule has 2 aromatic heterocycles. The van der Waals surface area contributed by atoms with Crippen molar-refractivity contribution in [2.75, 3.05) is 0 Å². The van der Waals surface area contributed by atoms with Gasteiger partial charge in [-0.25, -0.2) is 0 Å². The Bertz CT molecular complexity index is 1220. The van der Waals surface area contributed by atoms with Crippen LogP contribution in [0.2, 0.25) is 0 Å². The summed E-state index contributed by atoms with van der Waals surface area (Å²) in [5.41, 5.74) is 0.723. The molecule has 8 heteroatoms. The lowest BCUT2D eigenvalue weighted by molar-refractivity contribution is -0.274. The van der Waals surface area contributed by atoms with Gasteiger partial charge >= 0.3 is 6.36 Å². The number of pyridine rings is 1. The molecule has 0 atom stereocenters. The number of fused-ring (bicyclic) bond motifs is 2. The first-order valence-corrected chi connectivity index (χ1v) is 7.80. The van der Waals surface area contributed by atoms with Crippen LogP contribution in [0.4, 0.5) is 13.2 Å². The topological polar surface area (TPSA) is 67.9 Å². The first-order valence-electron chi connectivity index (χ1n) is 7.80. The highest BCUT2D eigenvalue weighted by molar-refractivity contribution is 5.85. The van der Waals surface area contributed by atoms with Crippen molar-refractivity contribution in [1.82, 2.24) is 4.98 Å². The number of ether oxygens (including phenoxy) is 1. The third-order valence-electron chi connectivity index (χ3n) is 3.94. The maximum absolute atomic E-state index is 12.4. The zero-order valence-electron chi connectivity index (χ0n) is 13.6. The predicted octanol–water partition coefficient (Wildman–Crippen LogP) is 4.84. The van der Waals surface area contributed by atoms with Gasteiger partial charge in [-0.15, -0.1) is 13.2 Å². The van der Waals surface area contributed by atoms with Gasteiger partial charge in [-0.3, -0.25) is 4.98 Å². The van der Waals surface area contributed by atoms with Gasteiger partial charge in [-0.2, -0.15) is 0 Å². The van der Waals surface area contributed by atoms with Gasteiger partial charge in [0.25, 0.3) is 0 Å². The molecule has 0 fully saturated rings. The van der Waals surface area contributed by atoms with Crippen LogP contribution in [0, 0.1) is 0 Å². The van der Waals surface area contributed by atoms with E-state index in [2.05, 4.69) is 14.9 Å². The Kier molecular flexibility index (Phi) is 3.95. The van der Waals surface area contributed by atoms with Crippen molar-refractivity contribution < 1.29 is 27.5 Å². The van der Waals surface area contributed by atoms with Crippen molar-refractivity contribution >= 4 is 21.7 Å². The second-order valence-electron chi connectivity index (χ2n) is 5.72. The molecule has 136 valence electrons. The summed E-state index contributed by atoms with van der Waals surface area (Å²) < 4.78 is 46.9. The van der Waals surface area contributed by atoms with Gasteiger partial charge < -0.3 is 14.4 Å². The average molecular weight is 372 g/mol. The highest BCUT2D eigenvalue weighted by Crippen LogP contribution is 2.28. The smallest absolute Gasteiger partial charge is 0.454 e. The quantitative estimate of drug-likeness (QED) is 0.404. The predicted molar refractivity (Wildman–Crippen MR) is 91.0 cm³/mol. The maximum Gasteiger partial charge on any atom is 0.573 e. The number of alkyl halides is 3. The first kappa shape index (κ1) is 16.9. The van der Waals surface area contributed by atoms with Crippen LogP contribution in [0.1, 0.15) is 0 Å². The van der Waals surface area contributed by atoms with Gasteiger partial charge in [0.1, 0.15) is 22.4 Å². The van der Waals surface area contributed by atoms with Crippen molar-refractivity contribution in [1.29, 1.82) is 0 Å². The molecule has 2 aromatic carbocycles. The van der Waals surface area contributed by atoms with Crippen molar-refractivity contribution in [3.63, 3.8) is 0 Å². The molecule has 0 saturated heterocycles. The lowest BCUT2D eigenvalue weighted by atomic mass is 10.1. The van der Waals surface area contributed by atoms with E-state index in [-0.39, 0.29) is 16.3 Å². The summed E-state index contributed by atoms with van der Waals surface area (Å²) in [5.74, 6) is -0.128. The van der Waals surface area contributed by atoms with Crippen LogP contribution in [0.3, 0.4) is 0 Å². The summed E-state index contributed by atoms with van der Waals surface area (Å²) in [6.07, 6.45) is -3.14. The monoisotopic (exact) mass is 372 g/mol. The third-order valence-corrected chi connectivity index (χ3v) is 3.94. The fourth-order valence-electron chi connectivity index (χ4n) is 2.77. The van der Waals surface area contributed by atoms with E-state index >= 15 is 0 Å². The number of benzene rings is 2. The van der Waals surface area contributed by atoms with Gasteiger partial charge in [0, 0.05) is 17.6 Å². The highest BCUT2D eigenvalue weighted by atomic mass is 19.4. The number of hydrogen-bond acceptors (Lipinski definition) is 5. The Morgan fingerprint density at radius 1 is 1.00 bits per heavy atom. The van der Waals surface area contributed by atoms with Crippen molar-refractivity contribution in [3.05, 3.63) is 66.2 Å². The minimum absolute atomic E-state index is 0.0360. The molecule has 0 unspecified atom stereocenters. The van der Waals surface area contributed by atoms with Crippen molar-refractivity contribution in [2.24, 2.45) is 5.16 Å². The molecule has 0 amide bonds. The maximum atomic E-state index is 12.4. The summed E-state index contributed by atoms with van der Waals surface area (Å²) in [6.45, 7) is 0. The Balaban J connectivity index is 1.86. The second kappa shape index (κ2) is 6.31. The molecule has 27 heavy (non-hydrogen) atoms. The summed E-state index contributed by atoms with van der Waals surface area (Å²) in [6, 6.07) is 14.4. The molecule has 0 saturated carbocycles. The van der Waals surface area contributed by atoms with Crippen LogP contribution in [0.5, 0.6) is 5.75 Å². The zero-order valence-corrected chi connectivity index (χ0v) is 13.6. The van der Waals surface area contributed by atoms with Gasteiger partial charge in [0.05, 0.1) is 5.39 Å². The van der Waals surface area contributed by atoms with E-state index in [1.165, 1.54) is 12.1 Å². The second-order valence-corrected chi connectivity index (χ2v) is 5.72. The van der Waals surface area contributed by atoms with Crippen LogP contribution in [0.25, 0.3) is 33.2 Å². The number of hydrogen-bond donors (Lipinski definition) is 1. The molecule has 0 bridgehead atoms. The van der Waals surface area contributed by atoms with E-state index in [4.69, 9.17) is 4.42 Å². The van der Waals surface area contributed by atoms with Crippen LogP contribution in [0.15, 0.2) is 70.4 Å². The molecule has 0 aliphatic heterocycles. The standard InChI is InChI=1S/C19H11F3N2O3/c20-19(21,22)27-13-5-6-17-14(8-13)15(24-25)9-18(26-17)16-7-11-3-1-2-4-12(11)10-23-16/h1-10,25H. The van der Waals surface area contributed by atoms with Gasteiger partial charge in [-0.05, 0) is 29.7 Å². The lowest BCUT2D eigenvalue weighted by Gasteiger charge is -2.10. The Hall–Kier alpha value is -3.55. The molecule has 0 aliphatic carbocycles. The Labute approximate surface area is 149 Å². The average Bonchev–Trinajstić information content (AvgIpc) is 2.65. The molecule has 0 spiro atoms. The van der Waals surface area contributed by atoms with E-state index in [1.807, 2.05) is 30.3 Å². The fourth-order valence-corrected chi connectivity index (χ4v) is 2.77. The van der Waals surface area contributed by atoms with Crippen LogP contribution < -0.4 is 10.1 Å². The number of rotatable bonds is 2. The third kappa shape index (κ3) is 3.41. The number of halogens is 3. The molecular weight excluding hydrogens is 361 g/mol. The van der Waals surface area contributed by atoms with Gasteiger partial charge in [-0.1, -0.05) is 29.4 Å². The highest BCUT2D eigenvalue weighted by Gasteiger charge is 2.31. The minimum Gasteiger partial charge on any atom is -0.454 e. The van der Waals surface area contributed by atoms with E-state index < -0.39 is 12.1 Å². The lowest BCUT2D eigenvalue weighted by Crippen LogP contribution is -2.17. The van der Waals surface area contributed by atoms with Gasteiger partial charge in [0.15, 0.2) is 5.76 Å². The molecule has 1 N–H and O–H groups in total. The van der Waals surface area contributed by atoms with Crippen LogP contribution in [-0.2, 0) is 0 Å². The van der Waals surface area contributed by atoms with Crippen LogP contribution >= 0.6 is 0 Å². The van der Waals surface area contributed by atoms with E-state index in [9.17, 15) is 18.4 Å². The first-order chi connectivity index (χ1) is 12.9. The molecule has 4 rings (SSSR count). The SMILES string of the molecule is ON=c1cc(-c2cc3ccccc3cn2)oc2ccc(OC(F)(F)F)cc12. The molecule has 5 nitrogen and oxygen atoms in total. The molecule has 0 aliphatic rings. The zero-order chi connectivity index (χ0) is 19.0. The number of aromatic nitrogens is 1. The molecule has 0 radical (unpaired) electrons. The largest absolute Gasteiger partial charge is 0.573 e. The Morgan fingerprint density at radius 3 is 2.52 bits per heavy atom. The minimum atomic E-state index is -4.82. The summed E-state index contributed by atoms with van der Waals surface area (Å²) in [7, 11) is 0. The van der Waals surface area contributed by atoms with E-state index in [1.54, 1.807) is 6.20 Å². The molecule has 2 heterocycles. The molecular formula is C19H11F3N2O3. The molecule has 4 aromatic rings. The Morgan fingerprint density at radius 2 is 1.78 bits per heavy atom. The van der Waals surface area contributed by atoms with Crippen LogP contribution in [-0.4, -0.2) is 16.6 Å². The summed E-state index contributed by atoms with van der Waals surface area (Å²) in [5, 5.41) is 14.6. The van der Waals surface area contributed by atoms with E-state index in [0.717, 1.165) is 22.9 Å². The van der Waals surface area contributed by atoms with Gasteiger partial charge in [0.2, 0.25) is 0 Å². The fraction of sp³-hybridized carbons (Fsp3) is 0.0526. The summed E-state index contributed by atoms with van der Waals surface area (Å²) >= 11 is 0. The van der Waals surface area contributed by atoms with E-state index in [0.29, 0.717) is 11.5 Å². The normalized spacial score (nSPS) is 12.6. The van der Waals surface area contributed by atoms with Crippen molar-refractivity contribution in [2.45, 2.75) is 6.36 Å². The summed E-state index contributed by atoms with van der Waals surface area (Å²) in [4.78, 5) is 4.33.